The molecule has 3 aromatic rings. The fourth-order valence-corrected chi connectivity index (χ4v) is 3.43. The van der Waals surface area contributed by atoms with Crippen molar-refractivity contribution in [2.45, 2.75) is 12.8 Å². The van der Waals surface area contributed by atoms with Gasteiger partial charge in [0, 0.05) is 28.7 Å². The number of hydrogen-bond donors (Lipinski definition) is 0. The number of likely N-dealkylation sites (tertiary alicyclic amines) is 1. The maximum atomic E-state index is 12.6. The molecule has 0 N–H and O–H groups in total. The van der Waals surface area contributed by atoms with Gasteiger partial charge < -0.3 is 9.42 Å². The Morgan fingerprint density at radius 1 is 1.08 bits per heavy atom. The quantitative estimate of drug-likeness (QED) is 0.656. The van der Waals surface area contributed by atoms with Gasteiger partial charge in [0.1, 0.15) is 0 Å². The van der Waals surface area contributed by atoms with Crippen LogP contribution in [0.3, 0.4) is 0 Å². The number of carbonyl (C=O) groups excluding carboxylic acids is 1. The number of halogens is 1. The van der Waals surface area contributed by atoms with E-state index in [9.17, 15) is 4.79 Å². The molecule has 1 amide bonds. The van der Waals surface area contributed by atoms with Gasteiger partial charge in [-0.2, -0.15) is 4.98 Å². The Bertz CT molecular complexity index is 916. The summed E-state index contributed by atoms with van der Waals surface area (Å²) in [5.74, 6) is 0.981. The van der Waals surface area contributed by atoms with E-state index in [4.69, 9.17) is 4.52 Å². The van der Waals surface area contributed by atoms with Gasteiger partial charge in [-0.3, -0.25) is 4.79 Å². The topological polar surface area (TPSA) is 59.2 Å². The van der Waals surface area contributed by atoms with E-state index < -0.39 is 0 Å². The van der Waals surface area contributed by atoms with Crippen molar-refractivity contribution in [3.05, 3.63) is 58.6 Å². The lowest BCUT2D eigenvalue weighted by atomic mass is 10.1. The second-order valence-corrected chi connectivity index (χ2v) is 6.84. The summed E-state index contributed by atoms with van der Waals surface area (Å²) in [4.78, 5) is 18.9. The highest BCUT2D eigenvalue weighted by atomic mass is 79.9. The van der Waals surface area contributed by atoms with Gasteiger partial charge in [-0.1, -0.05) is 29.4 Å². The molecule has 25 heavy (non-hydrogen) atoms. The highest BCUT2D eigenvalue weighted by molar-refractivity contribution is 9.10. The summed E-state index contributed by atoms with van der Waals surface area (Å²) in [5.41, 5.74) is 2.27. The second kappa shape index (κ2) is 6.80. The molecule has 0 spiro atoms. The Kier molecular flexibility index (Phi) is 4.36. The average Bonchev–Trinajstić information content (AvgIpc) is 3.34. The number of rotatable bonds is 3. The van der Waals surface area contributed by atoms with Gasteiger partial charge in [0.25, 0.3) is 11.8 Å². The summed E-state index contributed by atoms with van der Waals surface area (Å²) in [6, 6.07) is 15.1. The van der Waals surface area contributed by atoms with Gasteiger partial charge in [-0.25, -0.2) is 0 Å². The van der Waals surface area contributed by atoms with Crippen LogP contribution >= 0.6 is 15.9 Å². The largest absolute Gasteiger partial charge is 0.339 e. The molecule has 2 heterocycles. The lowest BCUT2D eigenvalue weighted by molar-refractivity contribution is 0.0793. The summed E-state index contributed by atoms with van der Waals surface area (Å²) in [6.45, 7) is 1.66. The van der Waals surface area contributed by atoms with Gasteiger partial charge in [0.15, 0.2) is 0 Å². The van der Waals surface area contributed by atoms with Crippen molar-refractivity contribution in [1.29, 1.82) is 0 Å². The Balaban J connectivity index is 1.64. The predicted octanol–water partition coefficient (Wildman–Crippen LogP) is 4.40. The van der Waals surface area contributed by atoms with Crippen LogP contribution in [0.2, 0.25) is 0 Å². The molecule has 5 nitrogen and oxygen atoms in total. The van der Waals surface area contributed by atoms with Crippen molar-refractivity contribution < 1.29 is 9.32 Å². The van der Waals surface area contributed by atoms with Crippen LogP contribution in [0.1, 0.15) is 23.2 Å². The van der Waals surface area contributed by atoms with E-state index in [0.717, 1.165) is 41.5 Å². The summed E-state index contributed by atoms with van der Waals surface area (Å²) < 4.78 is 6.29. The van der Waals surface area contributed by atoms with E-state index in [2.05, 4.69) is 26.1 Å². The van der Waals surface area contributed by atoms with Crippen molar-refractivity contribution in [3.63, 3.8) is 0 Å². The molecule has 0 unspecified atom stereocenters. The fourth-order valence-electron chi connectivity index (χ4n) is 2.98. The molecule has 1 aliphatic heterocycles. The minimum Gasteiger partial charge on any atom is -0.339 e. The number of hydrogen-bond acceptors (Lipinski definition) is 4. The van der Waals surface area contributed by atoms with Crippen LogP contribution in [0.15, 0.2) is 57.5 Å². The van der Waals surface area contributed by atoms with Gasteiger partial charge in [-0.05, 0) is 53.0 Å². The van der Waals surface area contributed by atoms with E-state index in [1.807, 2.05) is 53.4 Å². The Hall–Kier alpha value is -2.47. The zero-order valence-corrected chi connectivity index (χ0v) is 15.1. The number of benzene rings is 2. The summed E-state index contributed by atoms with van der Waals surface area (Å²) in [7, 11) is 0. The molecule has 0 atom stereocenters. The number of nitrogens with zero attached hydrogens (tertiary/aromatic N) is 3. The minimum atomic E-state index is 0.0638. The molecular formula is C19H16BrN3O2. The SMILES string of the molecule is O=C(c1cccc(-c2noc(-c3ccccc3Br)n2)c1)N1CCCC1. The minimum absolute atomic E-state index is 0.0638. The van der Waals surface area contributed by atoms with Crippen LogP contribution < -0.4 is 0 Å². The first kappa shape index (κ1) is 16.0. The first-order valence-corrected chi connectivity index (χ1v) is 9.00. The molecule has 1 aromatic heterocycles. The number of carbonyl (C=O) groups is 1. The third-order valence-corrected chi connectivity index (χ3v) is 4.98. The zero-order chi connectivity index (χ0) is 17.2. The van der Waals surface area contributed by atoms with E-state index in [1.54, 1.807) is 0 Å². The van der Waals surface area contributed by atoms with Crippen molar-refractivity contribution in [1.82, 2.24) is 15.0 Å². The highest BCUT2D eigenvalue weighted by Crippen LogP contribution is 2.28. The maximum absolute atomic E-state index is 12.6. The molecule has 0 radical (unpaired) electrons. The predicted molar refractivity (Wildman–Crippen MR) is 98.0 cm³/mol. The van der Waals surface area contributed by atoms with Gasteiger partial charge in [0.2, 0.25) is 5.82 Å². The molecule has 4 rings (SSSR count). The smallest absolute Gasteiger partial charge is 0.259 e. The second-order valence-electron chi connectivity index (χ2n) is 5.98. The molecule has 1 aliphatic rings. The molecule has 1 fully saturated rings. The Labute approximate surface area is 153 Å². The average molecular weight is 398 g/mol. The lowest BCUT2D eigenvalue weighted by Crippen LogP contribution is -2.27. The lowest BCUT2D eigenvalue weighted by Gasteiger charge is -2.15. The third-order valence-electron chi connectivity index (χ3n) is 4.29. The van der Waals surface area contributed by atoms with Crippen molar-refractivity contribution in [2.24, 2.45) is 0 Å². The summed E-state index contributed by atoms with van der Waals surface area (Å²) >= 11 is 3.49. The first-order chi connectivity index (χ1) is 12.2. The van der Waals surface area contributed by atoms with E-state index >= 15 is 0 Å². The van der Waals surface area contributed by atoms with Crippen LogP contribution in [0, 0.1) is 0 Å². The zero-order valence-electron chi connectivity index (χ0n) is 13.5. The van der Waals surface area contributed by atoms with E-state index in [0.29, 0.717) is 17.3 Å². The molecule has 0 aliphatic carbocycles. The van der Waals surface area contributed by atoms with Crippen LogP contribution in [0.5, 0.6) is 0 Å². The van der Waals surface area contributed by atoms with E-state index in [1.165, 1.54) is 0 Å². The van der Waals surface area contributed by atoms with Gasteiger partial charge >= 0.3 is 0 Å². The maximum Gasteiger partial charge on any atom is 0.259 e. The van der Waals surface area contributed by atoms with Crippen LogP contribution in [0.25, 0.3) is 22.8 Å². The molecule has 2 aromatic carbocycles. The normalized spacial score (nSPS) is 14.0. The monoisotopic (exact) mass is 397 g/mol. The number of aromatic nitrogens is 2. The van der Waals surface area contributed by atoms with Gasteiger partial charge in [0.05, 0.1) is 5.56 Å². The Morgan fingerprint density at radius 3 is 2.68 bits per heavy atom. The van der Waals surface area contributed by atoms with Crippen LogP contribution in [0.4, 0.5) is 0 Å². The van der Waals surface area contributed by atoms with Crippen molar-refractivity contribution >= 4 is 21.8 Å². The van der Waals surface area contributed by atoms with E-state index in [-0.39, 0.29) is 5.91 Å². The molecule has 1 saturated heterocycles. The molecule has 6 heteroatoms. The fraction of sp³-hybridized carbons (Fsp3) is 0.211. The Morgan fingerprint density at radius 2 is 1.88 bits per heavy atom. The molecular weight excluding hydrogens is 382 g/mol. The van der Waals surface area contributed by atoms with Crippen LogP contribution in [-0.2, 0) is 0 Å². The van der Waals surface area contributed by atoms with Crippen LogP contribution in [-0.4, -0.2) is 34.0 Å². The standard InChI is InChI=1S/C19H16BrN3O2/c20-16-9-2-1-8-15(16)18-21-17(22-25-18)13-6-5-7-14(12-13)19(24)23-10-3-4-11-23/h1-2,5-9,12H,3-4,10-11H2. The summed E-state index contributed by atoms with van der Waals surface area (Å²) in [6.07, 6.45) is 2.15. The highest BCUT2D eigenvalue weighted by Gasteiger charge is 2.20. The van der Waals surface area contributed by atoms with Crippen molar-refractivity contribution in [3.8, 4) is 22.8 Å². The molecule has 0 bridgehead atoms. The molecule has 126 valence electrons. The van der Waals surface area contributed by atoms with Gasteiger partial charge in [-0.15, -0.1) is 0 Å². The molecule has 0 saturated carbocycles. The number of amides is 1. The van der Waals surface area contributed by atoms with Crippen molar-refractivity contribution in [2.75, 3.05) is 13.1 Å². The summed E-state index contributed by atoms with van der Waals surface area (Å²) in [5, 5.41) is 4.07. The third kappa shape index (κ3) is 3.22. The first-order valence-electron chi connectivity index (χ1n) is 8.21.